The molecule has 106 valence electrons. The molecular weight excluding hydrogens is 269 g/mol. The monoisotopic (exact) mass is 283 g/mol. The van der Waals surface area contributed by atoms with Gasteiger partial charge < -0.3 is 10.3 Å². The maximum absolute atomic E-state index is 13.1. The van der Waals surface area contributed by atoms with Gasteiger partial charge in [-0.25, -0.2) is 9.37 Å². The number of benzene rings is 2. The van der Waals surface area contributed by atoms with Crippen LogP contribution in [0.5, 0.6) is 0 Å². The lowest BCUT2D eigenvalue weighted by Gasteiger charge is -2.07. The Hall–Kier alpha value is -2.69. The Morgan fingerprint density at radius 3 is 2.76 bits per heavy atom. The van der Waals surface area contributed by atoms with Crippen molar-refractivity contribution >= 4 is 22.6 Å². The molecule has 0 bridgehead atoms. The van der Waals surface area contributed by atoms with E-state index in [4.69, 9.17) is 0 Å². The summed E-state index contributed by atoms with van der Waals surface area (Å²) < 4.78 is 13.1. The van der Waals surface area contributed by atoms with Crippen LogP contribution in [0.4, 0.5) is 10.1 Å². The summed E-state index contributed by atoms with van der Waals surface area (Å²) in [7, 11) is 0. The van der Waals surface area contributed by atoms with Gasteiger partial charge in [-0.3, -0.25) is 4.79 Å². The Balaban J connectivity index is 1.88. The average Bonchev–Trinajstić information content (AvgIpc) is 2.77. The van der Waals surface area contributed by atoms with Crippen molar-refractivity contribution in [2.75, 3.05) is 5.32 Å². The van der Waals surface area contributed by atoms with Gasteiger partial charge in [-0.1, -0.05) is 0 Å². The summed E-state index contributed by atoms with van der Waals surface area (Å²) in [6.45, 7) is 3.58. The number of anilines is 1. The summed E-state index contributed by atoms with van der Waals surface area (Å²) >= 11 is 0. The third kappa shape index (κ3) is 2.63. The molecule has 1 heterocycles. The van der Waals surface area contributed by atoms with Crippen LogP contribution in [0.2, 0.25) is 0 Å². The summed E-state index contributed by atoms with van der Waals surface area (Å²) in [5, 5.41) is 2.81. The topological polar surface area (TPSA) is 57.8 Å². The molecule has 0 aliphatic heterocycles. The Bertz CT molecular complexity index is 839. The molecule has 4 nitrogen and oxygen atoms in total. The number of aryl methyl sites for hydroxylation is 2. The maximum atomic E-state index is 13.1. The van der Waals surface area contributed by atoms with Crippen LogP contribution in [0.1, 0.15) is 21.7 Å². The van der Waals surface area contributed by atoms with Crippen molar-refractivity contribution in [3.8, 4) is 0 Å². The van der Waals surface area contributed by atoms with Crippen molar-refractivity contribution < 1.29 is 9.18 Å². The van der Waals surface area contributed by atoms with Gasteiger partial charge in [0.2, 0.25) is 0 Å². The zero-order valence-electron chi connectivity index (χ0n) is 11.7. The molecular formula is C16H14FN3O. The van der Waals surface area contributed by atoms with Gasteiger partial charge in [-0.05, 0) is 55.8 Å². The normalized spacial score (nSPS) is 10.8. The van der Waals surface area contributed by atoms with Gasteiger partial charge in [-0.2, -0.15) is 0 Å². The number of nitrogens with zero attached hydrogens (tertiary/aromatic N) is 1. The second-order valence-corrected chi connectivity index (χ2v) is 4.97. The highest BCUT2D eigenvalue weighted by molar-refractivity contribution is 6.05. The average molecular weight is 283 g/mol. The van der Waals surface area contributed by atoms with Crippen molar-refractivity contribution in [2.24, 2.45) is 0 Å². The molecule has 0 saturated carbocycles. The molecule has 0 atom stereocenters. The lowest BCUT2D eigenvalue weighted by atomic mass is 10.1. The van der Waals surface area contributed by atoms with E-state index < -0.39 is 0 Å². The molecule has 1 amide bonds. The van der Waals surface area contributed by atoms with Crippen molar-refractivity contribution in [2.45, 2.75) is 13.8 Å². The van der Waals surface area contributed by atoms with Gasteiger partial charge in [-0.15, -0.1) is 0 Å². The number of aromatic nitrogens is 2. The molecule has 3 aromatic rings. The molecule has 5 heteroatoms. The van der Waals surface area contributed by atoms with Gasteiger partial charge in [0.15, 0.2) is 0 Å². The number of hydrogen-bond donors (Lipinski definition) is 2. The predicted octanol–water partition coefficient (Wildman–Crippen LogP) is 3.57. The zero-order chi connectivity index (χ0) is 15.0. The highest BCUT2D eigenvalue weighted by Gasteiger charge is 2.10. The molecule has 2 aromatic carbocycles. The molecule has 0 fully saturated rings. The van der Waals surface area contributed by atoms with Crippen LogP contribution in [0.15, 0.2) is 36.4 Å². The molecule has 0 aliphatic rings. The van der Waals surface area contributed by atoms with E-state index in [1.807, 2.05) is 19.1 Å². The van der Waals surface area contributed by atoms with E-state index >= 15 is 0 Å². The molecule has 0 spiro atoms. The minimum absolute atomic E-state index is 0.261. The quantitative estimate of drug-likeness (QED) is 0.755. The summed E-state index contributed by atoms with van der Waals surface area (Å²) in [6.07, 6.45) is 0. The van der Waals surface area contributed by atoms with Gasteiger partial charge in [0.25, 0.3) is 5.91 Å². The number of imidazole rings is 1. The third-order valence-corrected chi connectivity index (χ3v) is 3.29. The first-order chi connectivity index (χ1) is 10.0. The molecule has 2 N–H and O–H groups in total. The van der Waals surface area contributed by atoms with Crippen LogP contribution >= 0.6 is 0 Å². The zero-order valence-corrected chi connectivity index (χ0v) is 11.7. The number of rotatable bonds is 2. The lowest BCUT2D eigenvalue weighted by Crippen LogP contribution is -2.13. The largest absolute Gasteiger partial charge is 0.342 e. The molecule has 0 radical (unpaired) electrons. The SMILES string of the molecule is Cc1nc2ccc(NC(=O)c3ccc(F)cc3C)cc2[nH]1. The van der Waals surface area contributed by atoms with Crippen LogP contribution in [0.3, 0.4) is 0 Å². The highest BCUT2D eigenvalue weighted by Crippen LogP contribution is 2.18. The van der Waals surface area contributed by atoms with E-state index in [1.165, 1.54) is 18.2 Å². The fraction of sp³-hybridized carbons (Fsp3) is 0.125. The minimum atomic E-state index is -0.349. The number of halogens is 1. The number of nitrogens with one attached hydrogen (secondary N) is 2. The smallest absolute Gasteiger partial charge is 0.255 e. The summed E-state index contributed by atoms with van der Waals surface area (Å²) in [4.78, 5) is 19.7. The Morgan fingerprint density at radius 2 is 2.00 bits per heavy atom. The van der Waals surface area contributed by atoms with Crippen LogP contribution in [0, 0.1) is 19.7 Å². The van der Waals surface area contributed by atoms with Crippen LogP contribution in [0.25, 0.3) is 11.0 Å². The van der Waals surface area contributed by atoms with Crippen molar-refractivity contribution in [3.63, 3.8) is 0 Å². The maximum Gasteiger partial charge on any atom is 0.255 e. The number of carbonyl (C=O) groups excluding carboxylic acids is 1. The molecule has 0 unspecified atom stereocenters. The number of fused-ring (bicyclic) bond motifs is 1. The van der Waals surface area contributed by atoms with E-state index in [-0.39, 0.29) is 11.7 Å². The number of amides is 1. The van der Waals surface area contributed by atoms with E-state index in [0.29, 0.717) is 16.8 Å². The number of hydrogen-bond acceptors (Lipinski definition) is 2. The lowest BCUT2D eigenvalue weighted by molar-refractivity contribution is 0.102. The van der Waals surface area contributed by atoms with Crippen molar-refractivity contribution in [1.82, 2.24) is 9.97 Å². The minimum Gasteiger partial charge on any atom is -0.342 e. The van der Waals surface area contributed by atoms with Crippen molar-refractivity contribution in [3.05, 3.63) is 59.2 Å². The molecule has 3 rings (SSSR count). The molecule has 0 aliphatic carbocycles. The summed E-state index contributed by atoms with van der Waals surface area (Å²) in [5.41, 5.74) is 3.44. The second-order valence-electron chi connectivity index (χ2n) is 4.97. The highest BCUT2D eigenvalue weighted by atomic mass is 19.1. The first-order valence-corrected chi connectivity index (χ1v) is 6.57. The summed E-state index contributed by atoms with van der Waals surface area (Å²) in [6, 6.07) is 9.57. The number of aromatic amines is 1. The van der Waals surface area contributed by atoms with E-state index in [1.54, 1.807) is 13.0 Å². The van der Waals surface area contributed by atoms with E-state index in [0.717, 1.165) is 16.9 Å². The first-order valence-electron chi connectivity index (χ1n) is 6.57. The van der Waals surface area contributed by atoms with Gasteiger partial charge in [0.05, 0.1) is 11.0 Å². The standard InChI is InChI=1S/C16H14FN3O/c1-9-7-11(17)3-5-13(9)16(21)20-12-4-6-14-15(8-12)19-10(2)18-14/h3-8H,1-2H3,(H,18,19)(H,20,21). The van der Waals surface area contributed by atoms with Gasteiger partial charge >= 0.3 is 0 Å². The second kappa shape index (κ2) is 5.01. The van der Waals surface area contributed by atoms with Crippen LogP contribution < -0.4 is 5.32 Å². The van der Waals surface area contributed by atoms with Crippen molar-refractivity contribution in [1.29, 1.82) is 0 Å². The van der Waals surface area contributed by atoms with E-state index in [9.17, 15) is 9.18 Å². The van der Waals surface area contributed by atoms with Crippen LogP contribution in [-0.4, -0.2) is 15.9 Å². The number of H-pyrrole nitrogens is 1. The predicted molar refractivity (Wildman–Crippen MR) is 79.9 cm³/mol. The fourth-order valence-corrected chi connectivity index (χ4v) is 2.30. The number of carbonyl (C=O) groups is 1. The first kappa shape index (κ1) is 13.3. The van der Waals surface area contributed by atoms with Gasteiger partial charge in [0, 0.05) is 11.3 Å². The van der Waals surface area contributed by atoms with Gasteiger partial charge in [0.1, 0.15) is 11.6 Å². The molecule has 21 heavy (non-hydrogen) atoms. The summed E-state index contributed by atoms with van der Waals surface area (Å²) in [5.74, 6) is 0.212. The molecule has 0 saturated heterocycles. The van der Waals surface area contributed by atoms with Crippen LogP contribution in [-0.2, 0) is 0 Å². The Labute approximate surface area is 121 Å². The molecule has 1 aromatic heterocycles. The Kier molecular flexibility index (Phi) is 3.17. The fourth-order valence-electron chi connectivity index (χ4n) is 2.30. The Morgan fingerprint density at radius 1 is 1.19 bits per heavy atom. The third-order valence-electron chi connectivity index (χ3n) is 3.29. The van der Waals surface area contributed by atoms with E-state index in [2.05, 4.69) is 15.3 Å².